The van der Waals surface area contributed by atoms with E-state index in [9.17, 15) is 8.42 Å². The Morgan fingerprint density at radius 1 is 1.38 bits per heavy atom. The van der Waals surface area contributed by atoms with E-state index in [2.05, 4.69) is 4.72 Å². The van der Waals surface area contributed by atoms with Crippen LogP contribution in [-0.2, 0) is 10.0 Å². The number of aliphatic hydroxyl groups is 1. The Kier molecular flexibility index (Phi) is 5.17. The molecular weight excluding hydrogens is 228 g/mol. The van der Waals surface area contributed by atoms with Gasteiger partial charge in [-0.25, -0.2) is 13.1 Å². The van der Waals surface area contributed by atoms with Crippen molar-refractivity contribution in [2.75, 3.05) is 6.54 Å². The molecule has 0 aromatic heterocycles. The predicted molar refractivity (Wildman–Crippen MR) is 63.5 cm³/mol. The fraction of sp³-hybridized carbons (Fsp3) is 1.00. The van der Waals surface area contributed by atoms with Gasteiger partial charge in [0.1, 0.15) is 0 Å². The van der Waals surface area contributed by atoms with E-state index >= 15 is 0 Å². The monoisotopic (exact) mass is 250 g/mol. The second-order valence-corrected chi connectivity index (χ2v) is 6.60. The summed E-state index contributed by atoms with van der Waals surface area (Å²) in [6.07, 6.45) is 3.86. The van der Waals surface area contributed by atoms with Gasteiger partial charge in [0, 0.05) is 12.6 Å². The lowest BCUT2D eigenvalue weighted by Gasteiger charge is -2.23. The topological polar surface area (TPSA) is 92.4 Å². The van der Waals surface area contributed by atoms with Crippen molar-refractivity contribution in [2.45, 2.75) is 56.4 Å². The van der Waals surface area contributed by atoms with E-state index in [0.717, 1.165) is 32.1 Å². The molecule has 0 bridgehead atoms. The molecule has 1 fully saturated rings. The van der Waals surface area contributed by atoms with Crippen LogP contribution in [0.3, 0.4) is 0 Å². The number of hydrogen-bond donors (Lipinski definition) is 3. The summed E-state index contributed by atoms with van der Waals surface area (Å²) in [6.45, 7) is 1.66. The molecule has 0 aromatic carbocycles. The van der Waals surface area contributed by atoms with Gasteiger partial charge in [-0.15, -0.1) is 0 Å². The summed E-state index contributed by atoms with van der Waals surface area (Å²) < 4.78 is 26.2. The summed E-state index contributed by atoms with van der Waals surface area (Å²) in [6, 6.07) is -0.543. The van der Waals surface area contributed by atoms with Crippen LogP contribution in [-0.4, -0.2) is 37.5 Å². The highest BCUT2D eigenvalue weighted by atomic mass is 32.2. The van der Waals surface area contributed by atoms with E-state index in [1.54, 1.807) is 6.92 Å². The zero-order chi connectivity index (χ0) is 12.2. The smallest absolute Gasteiger partial charge is 0.214 e. The second-order valence-electron chi connectivity index (χ2n) is 4.56. The molecule has 0 spiro atoms. The molecule has 1 aliphatic carbocycles. The first-order valence-electron chi connectivity index (χ1n) is 5.85. The normalized spacial score (nSPS) is 22.9. The predicted octanol–water partition coefficient (Wildman–Crippen LogP) is -0.0534. The lowest BCUT2D eigenvalue weighted by Crippen LogP contribution is -2.46. The number of nitrogens with one attached hydrogen (secondary N) is 1. The summed E-state index contributed by atoms with van der Waals surface area (Å²) in [5.41, 5.74) is 5.58. The van der Waals surface area contributed by atoms with Crippen LogP contribution >= 0.6 is 0 Å². The quantitative estimate of drug-likeness (QED) is 0.637. The molecule has 0 aliphatic heterocycles. The van der Waals surface area contributed by atoms with Gasteiger partial charge in [0.15, 0.2) is 0 Å². The zero-order valence-electron chi connectivity index (χ0n) is 9.72. The molecule has 0 radical (unpaired) electrons. The lowest BCUT2D eigenvalue weighted by atomic mass is 10.0. The largest absolute Gasteiger partial charge is 0.392 e. The maximum Gasteiger partial charge on any atom is 0.214 e. The van der Waals surface area contributed by atoms with E-state index in [0.29, 0.717) is 0 Å². The van der Waals surface area contributed by atoms with Gasteiger partial charge in [-0.3, -0.25) is 0 Å². The number of aliphatic hydroxyl groups excluding tert-OH is 1. The molecule has 6 heteroatoms. The maximum absolute atomic E-state index is 11.9. The van der Waals surface area contributed by atoms with E-state index in [1.807, 2.05) is 0 Å². The minimum Gasteiger partial charge on any atom is -0.392 e. The molecule has 1 saturated carbocycles. The van der Waals surface area contributed by atoms with Crippen molar-refractivity contribution in [2.24, 2.45) is 5.73 Å². The molecule has 1 aliphatic rings. The Morgan fingerprint density at radius 3 is 2.44 bits per heavy atom. The summed E-state index contributed by atoms with van der Waals surface area (Å²) >= 11 is 0. The minimum absolute atomic E-state index is 0.108. The summed E-state index contributed by atoms with van der Waals surface area (Å²) in [4.78, 5) is 0. The van der Waals surface area contributed by atoms with Crippen LogP contribution < -0.4 is 10.5 Å². The van der Waals surface area contributed by atoms with Crippen LogP contribution in [0, 0.1) is 0 Å². The molecule has 5 nitrogen and oxygen atoms in total. The first kappa shape index (κ1) is 13.9. The van der Waals surface area contributed by atoms with E-state index in [-0.39, 0.29) is 11.8 Å². The summed E-state index contributed by atoms with van der Waals surface area (Å²) in [5, 5.41) is 8.89. The van der Waals surface area contributed by atoms with Gasteiger partial charge < -0.3 is 10.8 Å². The van der Waals surface area contributed by atoms with Crippen LogP contribution in [0.25, 0.3) is 0 Å². The van der Waals surface area contributed by atoms with Gasteiger partial charge in [-0.1, -0.05) is 19.3 Å². The van der Waals surface area contributed by atoms with E-state index < -0.39 is 22.2 Å². The number of nitrogens with two attached hydrogens (primary N) is 1. The van der Waals surface area contributed by atoms with Crippen molar-refractivity contribution in [3.05, 3.63) is 0 Å². The van der Waals surface area contributed by atoms with Gasteiger partial charge >= 0.3 is 0 Å². The third kappa shape index (κ3) is 4.01. The van der Waals surface area contributed by atoms with Gasteiger partial charge in [0.05, 0.1) is 11.4 Å². The van der Waals surface area contributed by atoms with E-state index in [4.69, 9.17) is 10.8 Å². The van der Waals surface area contributed by atoms with Crippen LogP contribution in [0.2, 0.25) is 0 Å². The average Bonchev–Trinajstić information content (AvgIpc) is 2.27. The summed E-state index contributed by atoms with van der Waals surface area (Å²) in [7, 11) is -3.25. The molecule has 0 saturated heterocycles. The molecule has 16 heavy (non-hydrogen) atoms. The van der Waals surface area contributed by atoms with Crippen LogP contribution in [0.15, 0.2) is 0 Å². The van der Waals surface area contributed by atoms with Gasteiger partial charge in [-0.2, -0.15) is 0 Å². The molecule has 2 unspecified atom stereocenters. The molecule has 2 atom stereocenters. The molecule has 0 heterocycles. The fourth-order valence-corrected chi connectivity index (χ4v) is 3.49. The Labute approximate surface area is 97.5 Å². The van der Waals surface area contributed by atoms with Crippen molar-refractivity contribution >= 4 is 10.0 Å². The van der Waals surface area contributed by atoms with Crippen LogP contribution in [0.1, 0.15) is 39.0 Å². The molecular formula is C10H22N2O3S. The van der Waals surface area contributed by atoms with Crippen LogP contribution in [0.4, 0.5) is 0 Å². The molecule has 1 rings (SSSR count). The van der Waals surface area contributed by atoms with Crippen molar-refractivity contribution in [3.8, 4) is 0 Å². The molecule has 4 N–H and O–H groups in total. The van der Waals surface area contributed by atoms with Crippen LogP contribution in [0.5, 0.6) is 0 Å². The highest BCUT2D eigenvalue weighted by Crippen LogP contribution is 2.22. The SMILES string of the molecule is CC(O)C(N)CNS(=O)(=O)C1CCCCC1. The van der Waals surface area contributed by atoms with E-state index in [1.165, 1.54) is 0 Å². The minimum atomic E-state index is -3.25. The third-order valence-electron chi connectivity index (χ3n) is 3.13. The molecule has 0 amide bonds. The first-order valence-corrected chi connectivity index (χ1v) is 7.40. The second kappa shape index (κ2) is 5.95. The van der Waals surface area contributed by atoms with Gasteiger partial charge in [-0.05, 0) is 19.8 Å². The Bertz CT molecular complexity index is 297. The highest BCUT2D eigenvalue weighted by molar-refractivity contribution is 7.90. The molecule has 96 valence electrons. The summed E-state index contributed by atoms with van der Waals surface area (Å²) in [5.74, 6) is 0. The van der Waals surface area contributed by atoms with Gasteiger partial charge in [0.2, 0.25) is 10.0 Å². The lowest BCUT2D eigenvalue weighted by molar-refractivity contribution is 0.164. The highest BCUT2D eigenvalue weighted by Gasteiger charge is 2.27. The Hall–Kier alpha value is -0.170. The number of hydrogen-bond acceptors (Lipinski definition) is 4. The third-order valence-corrected chi connectivity index (χ3v) is 5.05. The van der Waals surface area contributed by atoms with Crippen molar-refractivity contribution < 1.29 is 13.5 Å². The van der Waals surface area contributed by atoms with Crippen molar-refractivity contribution in [1.29, 1.82) is 0 Å². The standard InChI is InChI=1S/C10H22N2O3S/c1-8(13)10(11)7-12-16(14,15)9-5-3-2-4-6-9/h8-10,12-13H,2-7,11H2,1H3. The fourth-order valence-electron chi connectivity index (χ4n) is 1.88. The number of rotatable bonds is 5. The maximum atomic E-state index is 11.9. The van der Waals surface area contributed by atoms with Gasteiger partial charge in [0.25, 0.3) is 0 Å². The number of sulfonamides is 1. The van der Waals surface area contributed by atoms with Crippen molar-refractivity contribution in [3.63, 3.8) is 0 Å². The first-order chi connectivity index (χ1) is 7.43. The Balaban J connectivity index is 2.44. The average molecular weight is 250 g/mol. The Morgan fingerprint density at radius 2 is 1.94 bits per heavy atom. The zero-order valence-corrected chi connectivity index (χ0v) is 10.5. The molecule has 0 aromatic rings. The van der Waals surface area contributed by atoms with Crippen molar-refractivity contribution in [1.82, 2.24) is 4.72 Å².